The molecule has 0 saturated carbocycles. The fourth-order valence-electron chi connectivity index (χ4n) is 3.09. The van der Waals surface area contributed by atoms with Crippen molar-refractivity contribution < 1.29 is 0 Å². The Bertz CT molecular complexity index is 888. The van der Waals surface area contributed by atoms with Gasteiger partial charge < -0.3 is 0 Å². The van der Waals surface area contributed by atoms with Crippen LogP contribution in [0.5, 0.6) is 0 Å². The molecule has 1 nitrogen and oxygen atoms in total. The average molecular weight is 301 g/mol. The van der Waals surface area contributed by atoms with Crippen molar-refractivity contribution in [2.24, 2.45) is 4.99 Å². The first-order valence-corrected chi connectivity index (χ1v) is 8.22. The maximum atomic E-state index is 4.80. The van der Waals surface area contributed by atoms with Crippen molar-refractivity contribution in [1.29, 1.82) is 0 Å². The Morgan fingerprint density at radius 1 is 0.870 bits per heavy atom. The van der Waals surface area contributed by atoms with Gasteiger partial charge in [-0.05, 0) is 66.3 Å². The Morgan fingerprint density at radius 2 is 1.65 bits per heavy atom. The Labute approximate surface area is 138 Å². The summed E-state index contributed by atoms with van der Waals surface area (Å²) >= 11 is 0. The van der Waals surface area contributed by atoms with Gasteiger partial charge in [-0.25, -0.2) is 0 Å². The van der Waals surface area contributed by atoms with Gasteiger partial charge in [0.15, 0.2) is 0 Å². The van der Waals surface area contributed by atoms with Crippen molar-refractivity contribution in [2.45, 2.75) is 34.1 Å². The van der Waals surface area contributed by atoms with Crippen LogP contribution in [0.1, 0.15) is 34.7 Å². The van der Waals surface area contributed by atoms with Crippen LogP contribution < -0.4 is 0 Å². The minimum atomic E-state index is 1.06. The second-order valence-electron chi connectivity index (χ2n) is 6.19. The zero-order valence-electron chi connectivity index (χ0n) is 14.4. The summed E-state index contributed by atoms with van der Waals surface area (Å²) in [6.45, 7) is 8.65. The van der Waals surface area contributed by atoms with E-state index in [4.69, 9.17) is 4.99 Å². The Balaban J connectivity index is 2.07. The topological polar surface area (TPSA) is 12.4 Å². The van der Waals surface area contributed by atoms with E-state index in [1.165, 1.54) is 38.6 Å². The van der Waals surface area contributed by atoms with Crippen molar-refractivity contribution in [2.75, 3.05) is 0 Å². The molecule has 0 amide bonds. The number of nitrogens with zero attached hydrogens (tertiary/aromatic N) is 1. The molecular formula is C22H23N. The first-order valence-electron chi connectivity index (χ1n) is 8.22. The summed E-state index contributed by atoms with van der Waals surface area (Å²) in [5.74, 6) is 0. The van der Waals surface area contributed by atoms with Gasteiger partial charge in [0.1, 0.15) is 0 Å². The first kappa shape index (κ1) is 15.5. The molecule has 0 N–H and O–H groups in total. The highest BCUT2D eigenvalue weighted by atomic mass is 14.7. The predicted molar refractivity (Wildman–Crippen MR) is 101 cm³/mol. The molecule has 0 heterocycles. The zero-order valence-corrected chi connectivity index (χ0v) is 14.4. The van der Waals surface area contributed by atoms with Crippen LogP contribution >= 0.6 is 0 Å². The molecule has 3 aromatic rings. The van der Waals surface area contributed by atoms with Crippen molar-refractivity contribution in [1.82, 2.24) is 0 Å². The molecule has 1 heteroatoms. The molecule has 0 aliphatic rings. The predicted octanol–water partition coefficient (Wildman–Crippen LogP) is 6.08. The van der Waals surface area contributed by atoms with Crippen molar-refractivity contribution in [3.05, 3.63) is 76.3 Å². The third-order valence-corrected chi connectivity index (χ3v) is 4.56. The minimum Gasteiger partial charge on any atom is -0.256 e. The molecule has 0 bridgehead atoms. The van der Waals surface area contributed by atoms with E-state index in [1.807, 2.05) is 6.21 Å². The van der Waals surface area contributed by atoms with Crippen LogP contribution in [0.3, 0.4) is 0 Å². The molecule has 0 spiro atoms. The SMILES string of the molecule is CCc1cc(C)c(/N=C/c2c(C)ccc3ccccc23)cc1C. The van der Waals surface area contributed by atoms with E-state index < -0.39 is 0 Å². The van der Waals surface area contributed by atoms with Gasteiger partial charge in [0.25, 0.3) is 0 Å². The average Bonchev–Trinajstić information content (AvgIpc) is 2.56. The minimum absolute atomic E-state index is 1.06. The molecule has 0 radical (unpaired) electrons. The number of benzene rings is 3. The van der Waals surface area contributed by atoms with Gasteiger partial charge in [-0.3, -0.25) is 4.99 Å². The molecule has 0 atom stereocenters. The molecule has 0 aliphatic carbocycles. The molecule has 3 aromatic carbocycles. The summed E-state index contributed by atoms with van der Waals surface area (Å²) in [7, 11) is 0. The second-order valence-corrected chi connectivity index (χ2v) is 6.19. The molecular weight excluding hydrogens is 278 g/mol. The van der Waals surface area contributed by atoms with Crippen LogP contribution in [0, 0.1) is 20.8 Å². The van der Waals surface area contributed by atoms with Gasteiger partial charge in [-0.2, -0.15) is 0 Å². The lowest BCUT2D eigenvalue weighted by molar-refractivity contribution is 1.10. The van der Waals surface area contributed by atoms with E-state index in [9.17, 15) is 0 Å². The normalized spacial score (nSPS) is 11.5. The third kappa shape index (κ3) is 3.05. The zero-order chi connectivity index (χ0) is 16.4. The van der Waals surface area contributed by atoms with Gasteiger partial charge in [0, 0.05) is 11.8 Å². The smallest absolute Gasteiger partial charge is 0.0661 e. The summed E-state index contributed by atoms with van der Waals surface area (Å²) in [4.78, 5) is 4.80. The van der Waals surface area contributed by atoms with Gasteiger partial charge in [0.2, 0.25) is 0 Å². The summed E-state index contributed by atoms with van der Waals surface area (Å²) in [5, 5.41) is 2.52. The monoisotopic (exact) mass is 301 g/mol. The largest absolute Gasteiger partial charge is 0.256 e. The van der Waals surface area contributed by atoms with E-state index in [0.717, 1.165) is 12.1 Å². The lowest BCUT2D eigenvalue weighted by atomic mass is 10.00. The first-order chi connectivity index (χ1) is 11.1. The second kappa shape index (κ2) is 6.37. The van der Waals surface area contributed by atoms with Crippen LogP contribution in [0.15, 0.2) is 53.5 Å². The maximum absolute atomic E-state index is 4.80. The lowest BCUT2D eigenvalue weighted by Crippen LogP contribution is -1.91. The number of aliphatic imine (C=N–C) groups is 1. The molecule has 0 aromatic heterocycles. The number of aryl methyl sites for hydroxylation is 4. The van der Waals surface area contributed by atoms with E-state index >= 15 is 0 Å². The Hall–Kier alpha value is -2.41. The van der Waals surface area contributed by atoms with Crippen molar-refractivity contribution in [3.8, 4) is 0 Å². The quantitative estimate of drug-likeness (QED) is 0.520. The summed E-state index contributed by atoms with van der Waals surface area (Å²) in [6, 6.07) is 17.3. The van der Waals surface area contributed by atoms with Crippen molar-refractivity contribution >= 4 is 22.7 Å². The molecule has 0 fully saturated rings. The fourth-order valence-corrected chi connectivity index (χ4v) is 3.09. The molecule has 116 valence electrons. The fraction of sp³-hybridized carbons (Fsp3) is 0.227. The highest BCUT2D eigenvalue weighted by Crippen LogP contribution is 2.25. The van der Waals surface area contributed by atoms with Crippen LogP contribution in [-0.4, -0.2) is 6.21 Å². The van der Waals surface area contributed by atoms with Crippen LogP contribution in [-0.2, 0) is 6.42 Å². The molecule has 0 aliphatic heterocycles. The van der Waals surface area contributed by atoms with Gasteiger partial charge in [0.05, 0.1) is 5.69 Å². The number of fused-ring (bicyclic) bond motifs is 1. The van der Waals surface area contributed by atoms with E-state index in [-0.39, 0.29) is 0 Å². The van der Waals surface area contributed by atoms with E-state index in [1.54, 1.807) is 0 Å². The molecule has 23 heavy (non-hydrogen) atoms. The number of hydrogen-bond acceptors (Lipinski definition) is 1. The van der Waals surface area contributed by atoms with E-state index in [2.05, 4.69) is 76.2 Å². The van der Waals surface area contributed by atoms with Gasteiger partial charge >= 0.3 is 0 Å². The highest BCUT2D eigenvalue weighted by molar-refractivity contribution is 6.01. The molecule has 3 rings (SSSR count). The Morgan fingerprint density at radius 3 is 2.43 bits per heavy atom. The summed E-state index contributed by atoms with van der Waals surface area (Å²) in [5.41, 5.74) is 7.49. The standard InChI is InChI=1S/C22H23N/c1-5-18-12-17(4)22(13-16(18)3)23-14-21-15(2)10-11-19-8-6-7-9-20(19)21/h6-14H,5H2,1-4H3/b23-14+. The van der Waals surface area contributed by atoms with Crippen molar-refractivity contribution in [3.63, 3.8) is 0 Å². The highest BCUT2D eigenvalue weighted by Gasteiger charge is 2.04. The van der Waals surface area contributed by atoms with Gasteiger partial charge in [-0.1, -0.05) is 49.4 Å². The van der Waals surface area contributed by atoms with Crippen LogP contribution in [0.25, 0.3) is 10.8 Å². The third-order valence-electron chi connectivity index (χ3n) is 4.56. The number of hydrogen-bond donors (Lipinski definition) is 0. The summed E-state index contributed by atoms with van der Waals surface area (Å²) < 4.78 is 0. The maximum Gasteiger partial charge on any atom is 0.0661 e. The molecule has 0 unspecified atom stereocenters. The van der Waals surface area contributed by atoms with E-state index in [0.29, 0.717) is 0 Å². The molecule has 0 saturated heterocycles. The van der Waals surface area contributed by atoms with Gasteiger partial charge in [-0.15, -0.1) is 0 Å². The summed E-state index contributed by atoms with van der Waals surface area (Å²) in [6.07, 6.45) is 3.09. The Kier molecular flexibility index (Phi) is 4.29. The number of rotatable bonds is 3. The lowest BCUT2D eigenvalue weighted by Gasteiger charge is -2.09. The van der Waals surface area contributed by atoms with Crippen LogP contribution in [0.4, 0.5) is 5.69 Å². The van der Waals surface area contributed by atoms with Crippen LogP contribution in [0.2, 0.25) is 0 Å².